The molecule has 0 radical (unpaired) electrons. The van der Waals surface area contributed by atoms with Crippen LogP contribution in [0.1, 0.15) is 32.0 Å². The fourth-order valence-corrected chi connectivity index (χ4v) is 3.06. The minimum atomic E-state index is -1.85. The second kappa shape index (κ2) is 6.29. The molecule has 6 heteroatoms. The zero-order valence-electron chi connectivity index (χ0n) is 14.4. The maximum atomic E-state index is 8.94. The van der Waals surface area contributed by atoms with Crippen molar-refractivity contribution in [3.63, 3.8) is 0 Å². The lowest BCUT2D eigenvalue weighted by Gasteiger charge is -2.36. The summed E-state index contributed by atoms with van der Waals surface area (Å²) in [6.07, 6.45) is 1.74. The molecule has 124 valence electrons. The predicted molar refractivity (Wildman–Crippen MR) is 96.2 cm³/mol. The van der Waals surface area contributed by atoms with Gasteiger partial charge in [0, 0.05) is 17.1 Å². The van der Waals surface area contributed by atoms with E-state index in [0.717, 1.165) is 16.5 Å². The van der Waals surface area contributed by atoms with Crippen molar-refractivity contribution in [2.75, 3.05) is 0 Å². The van der Waals surface area contributed by atoms with Crippen molar-refractivity contribution in [1.29, 1.82) is 0 Å². The molecule has 0 atom stereocenters. The number of oxime groups is 1. The monoisotopic (exact) mass is 331 g/mol. The Labute approximate surface area is 138 Å². The second-order valence-corrected chi connectivity index (χ2v) is 12.0. The smallest absolute Gasteiger partial charge is 0.192 e. The molecule has 1 heterocycles. The van der Waals surface area contributed by atoms with Crippen molar-refractivity contribution >= 4 is 24.9 Å². The highest BCUT2D eigenvalue weighted by Crippen LogP contribution is 2.37. The average molecular weight is 331 g/mol. The lowest BCUT2D eigenvalue weighted by Crippen LogP contribution is -2.40. The van der Waals surface area contributed by atoms with E-state index in [9.17, 15) is 0 Å². The highest BCUT2D eigenvalue weighted by molar-refractivity contribution is 6.74. The standard InChI is InChI=1S/C17H25N3O2Si/c1-17(2,3)23(4,5)22-11-15-13-7-6-8-14(16(18)20-21)12(13)9-10-19-15/h6-10,21H,11H2,1-5H3,(H2,18,20). The van der Waals surface area contributed by atoms with Gasteiger partial charge in [0.25, 0.3) is 0 Å². The molecule has 23 heavy (non-hydrogen) atoms. The van der Waals surface area contributed by atoms with E-state index in [1.54, 1.807) is 6.20 Å². The number of amidine groups is 1. The molecular weight excluding hydrogens is 306 g/mol. The van der Waals surface area contributed by atoms with E-state index in [1.807, 2.05) is 24.3 Å². The van der Waals surface area contributed by atoms with E-state index in [2.05, 4.69) is 44.0 Å². The normalized spacial score (nSPS) is 13.5. The molecule has 0 fully saturated rings. The van der Waals surface area contributed by atoms with E-state index in [-0.39, 0.29) is 10.9 Å². The molecule has 5 nitrogen and oxygen atoms in total. The Bertz CT molecular complexity index is 736. The summed E-state index contributed by atoms with van der Waals surface area (Å²) in [5.41, 5.74) is 7.34. The molecule has 0 unspecified atom stereocenters. The summed E-state index contributed by atoms with van der Waals surface area (Å²) < 4.78 is 6.28. The van der Waals surface area contributed by atoms with Crippen LogP contribution in [-0.4, -0.2) is 24.3 Å². The summed E-state index contributed by atoms with van der Waals surface area (Å²) in [6.45, 7) is 11.6. The van der Waals surface area contributed by atoms with Crippen molar-refractivity contribution < 1.29 is 9.63 Å². The summed E-state index contributed by atoms with van der Waals surface area (Å²) in [5, 5.41) is 14.1. The van der Waals surface area contributed by atoms with Crippen molar-refractivity contribution in [1.82, 2.24) is 4.98 Å². The molecule has 3 N–H and O–H groups in total. The maximum absolute atomic E-state index is 8.94. The first-order chi connectivity index (χ1) is 10.7. The van der Waals surface area contributed by atoms with Crippen molar-refractivity contribution in [2.24, 2.45) is 10.9 Å². The van der Waals surface area contributed by atoms with Crippen LogP contribution in [0.5, 0.6) is 0 Å². The topological polar surface area (TPSA) is 80.7 Å². The summed E-state index contributed by atoms with van der Waals surface area (Å²) >= 11 is 0. The molecule has 0 aliphatic carbocycles. The highest BCUT2D eigenvalue weighted by atomic mass is 28.4. The van der Waals surface area contributed by atoms with Crippen LogP contribution in [0.4, 0.5) is 0 Å². The fourth-order valence-electron chi connectivity index (χ4n) is 2.13. The molecular formula is C17H25N3O2Si. The lowest BCUT2D eigenvalue weighted by atomic mass is 10.0. The third kappa shape index (κ3) is 3.54. The predicted octanol–water partition coefficient (Wildman–Crippen LogP) is 3.85. The van der Waals surface area contributed by atoms with E-state index in [4.69, 9.17) is 15.4 Å². The Morgan fingerprint density at radius 3 is 2.57 bits per heavy atom. The van der Waals surface area contributed by atoms with Gasteiger partial charge >= 0.3 is 0 Å². The van der Waals surface area contributed by atoms with Crippen LogP contribution in [0, 0.1) is 0 Å². The highest BCUT2D eigenvalue weighted by Gasteiger charge is 2.37. The fraction of sp³-hybridized carbons (Fsp3) is 0.412. The Hall–Kier alpha value is -1.92. The molecule has 1 aromatic carbocycles. The van der Waals surface area contributed by atoms with Crippen molar-refractivity contribution in [2.45, 2.75) is 45.5 Å². The largest absolute Gasteiger partial charge is 0.411 e. The van der Waals surface area contributed by atoms with Crippen LogP contribution >= 0.6 is 0 Å². The van der Waals surface area contributed by atoms with Gasteiger partial charge in [0.15, 0.2) is 14.2 Å². The van der Waals surface area contributed by atoms with Crippen LogP contribution in [-0.2, 0) is 11.0 Å². The first-order valence-electron chi connectivity index (χ1n) is 7.66. The number of hydrogen-bond acceptors (Lipinski definition) is 4. The van der Waals surface area contributed by atoms with E-state index >= 15 is 0 Å². The first kappa shape index (κ1) is 17.4. The van der Waals surface area contributed by atoms with Crippen LogP contribution in [0.25, 0.3) is 10.8 Å². The maximum Gasteiger partial charge on any atom is 0.192 e. The lowest BCUT2D eigenvalue weighted by molar-refractivity contribution is 0.273. The molecule has 2 aromatic rings. The molecule has 0 bridgehead atoms. The summed E-state index contributed by atoms with van der Waals surface area (Å²) in [7, 11) is -1.85. The third-order valence-electron chi connectivity index (χ3n) is 4.65. The van der Waals surface area contributed by atoms with Gasteiger partial charge in [-0.1, -0.05) is 44.1 Å². The van der Waals surface area contributed by atoms with E-state index < -0.39 is 8.32 Å². The zero-order chi connectivity index (χ0) is 17.3. The van der Waals surface area contributed by atoms with Crippen LogP contribution in [0.3, 0.4) is 0 Å². The van der Waals surface area contributed by atoms with Gasteiger partial charge in [-0.2, -0.15) is 0 Å². The van der Waals surface area contributed by atoms with Gasteiger partial charge < -0.3 is 15.4 Å². The number of nitrogens with two attached hydrogens (primary N) is 1. The Morgan fingerprint density at radius 1 is 1.26 bits per heavy atom. The van der Waals surface area contributed by atoms with Crippen LogP contribution in [0.2, 0.25) is 18.1 Å². The average Bonchev–Trinajstić information content (AvgIpc) is 2.50. The van der Waals surface area contributed by atoms with Gasteiger partial charge in [-0.25, -0.2) is 0 Å². The number of fused-ring (bicyclic) bond motifs is 1. The summed E-state index contributed by atoms with van der Waals surface area (Å²) in [6, 6.07) is 7.57. The molecule has 0 saturated heterocycles. The molecule has 0 aliphatic heterocycles. The van der Waals surface area contributed by atoms with E-state index in [1.165, 1.54) is 0 Å². The first-order valence-corrected chi connectivity index (χ1v) is 10.6. The Kier molecular flexibility index (Phi) is 4.77. The number of nitrogens with zero attached hydrogens (tertiary/aromatic N) is 2. The van der Waals surface area contributed by atoms with Gasteiger partial charge in [-0.05, 0) is 29.6 Å². The van der Waals surface area contributed by atoms with Gasteiger partial charge in [-0.3, -0.25) is 4.98 Å². The summed E-state index contributed by atoms with van der Waals surface area (Å²) in [5.74, 6) is 0.0954. The SMILES string of the molecule is CC(C)(C)[Si](C)(C)OCc1nccc2c(/C(N)=N/O)cccc12. The minimum absolute atomic E-state index is 0.0954. The Balaban J connectivity index is 2.40. The number of aromatic nitrogens is 1. The molecule has 0 aliphatic rings. The van der Waals surface area contributed by atoms with Gasteiger partial charge in [0.2, 0.25) is 0 Å². The quantitative estimate of drug-likeness (QED) is 0.293. The van der Waals surface area contributed by atoms with Crippen molar-refractivity contribution in [3.05, 3.63) is 41.7 Å². The number of benzene rings is 1. The van der Waals surface area contributed by atoms with Crippen LogP contribution < -0.4 is 5.73 Å². The minimum Gasteiger partial charge on any atom is -0.411 e. The molecule has 0 saturated carbocycles. The molecule has 0 amide bonds. The van der Waals surface area contributed by atoms with Gasteiger partial charge in [0.1, 0.15) is 0 Å². The summed E-state index contributed by atoms with van der Waals surface area (Å²) in [4.78, 5) is 4.47. The molecule has 0 spiro atoms. The second-order valence-electron chi connectivity index (χ2n) is 7.19. The number of hydrogen-bond donors (Lipinski definition) is 2. The van der Waals surface area contributed by atoms with Gasteiger partial charge in [0.05, 0.1) is 12.3 Å². The van der Waals surface area contributed by atoms with Crippen LogP contribution in [0.15, 0.2) is 35.6 Å². The Morgan fingerprint density at radius 2 is 1.96 bits per heavy atom. The number of pyridine rings is 1. The molecule has 2 rings (SSSR count). The number of rotatable bonds is 4. The van der Waals surface area contributed by atoms with Crippen molar-refractivity contribution in [3.8, 4) is 0 Å². The zero-order valence-corrected chi connectivity index (χ0v) is 15.4. The molecule has 1 aromatic heterocycles. The third-order valence-corrected chi connectivity index (χ3v) is 9.13. The van der Waals surface area contributed by atoms with E-state index in [0.29, 0.717) is 12.2 Å². The van der Waals surface area contributed by atoms with Gasteiger partial charge in [-0.15, -0.1) is 0 Å².